The number of hydrogen-bond donors (Lipinski definition) is 1. The summed E-state index contributed by atoms with van der Waals surface area (Å²) in [5, 5.41) is 19.2. The van der Waals surface area contributed by atoms with Crippen LogP contribution in [0.5, 0.6) is 0 Å². The molecule has 0 unspecified atom stereocenters. The maximum atomic E-state index is 4.22. The maximum absolute atomic E-state index is 4.22. The Kier molecular flexibility index (Phi) is 4.33. The SMILES string of the molecule is c1ccc(Cn2nnnc2CN2CCC(c3cn[nH]c3)CC2)cc1. The van der Waals surface area contributed by atoms with Crippen LogP contribution in [0.2, 0.25) is 0 Å². The number of nitrogens with zero attached hydrogens (tertiary/aromatic N) is 6. The van der Waals surface area contributed by atoms with Gasteiger partial charge in [0, 0.05) is 6.20 Å². The third kappa shape index (κ3) is 3.35. The predicted octanol–water partition coefficient (Wildman–Crippen LogP) is 1.82. The maximum Gasteiger partial charge on any atom is 0.165 e. The zero-order valence-corrected chi connectivity index (χ0v) is 13.5. The zero-order valence-electron chi connectivity index (χ0n) is 13.5. The molecule has 1 aliphatic rings. The van der Waals surface area contributed by atoms with Crippen molar-refractivity contribution in [3.63, 3.8) is 0 Å². The molecule has 0 amide bonds. The Labute approximate surface area is 140 Å². The molecule has 24 heavy (non-hydrogen) atoms. The van der Waals surface area contributed by atoms with Crippen LogP contribution in [0.4, 0.5) is 0 Å². The molecule has 7 heteroatoms. The number of benzene rings is 1. The molecule has 124 valence electrons. The molecule has 1 aliphatic heterocycles. The first-order chi connectivity index (χ1) is 11.9. The van der Waals surface area contributed by atoms with Crippen molar-refractivity contribution < 1.29 is 0 Å². The number of rotatable bonds is 5. The van der Waals surface area contributed by atoms with Gasteiger partial charge in [-0.15, -0.1) is 5.10 Å². The molecule has 0 atom stereocenters. The van der Waals surface area contributed by atoms with E-state index in [-0.39, 0.29) is 0 Å². The van der Waals surface area contributed by atoms with Crippen LogP contribution in [0.3, 0.4) is 0 Å². The molecule has 0 bridgehead atoms. The molecule has 0 aliphatic carbocycles. The molecule has 4 rings (SSSR count). The lowest BCUT2D eigenvalue weighted by Gasteiger charge is -2.31. The van der Waals surface area contributed by atoms with Gasteiger partial charge in [0.1, 0.15) is 0 Å². The van der Waals surface area contributed by atoms with Crippen LogP contribution in [-0.4, -0.2) is 48.4 Å². The second kappa shape index (κ2) is 6.92. The number of hydrogen-bond acceptors (Lipinski definition) is 5. The van der Waals surface area contributed by atoms with Gasteiger partial charge in [-0.1, -0.05) is 30.3 Å². The number of nitrogens with one attached hydrogen (secondary N) is 1. The highest BCUT2D eigenvalue weighted by atomic mass is 15.5. The van der Waals surface area contributed by atoms with Crippen LogP contribution >= 0.6 is 0 Å². The van der Waals surface area contributed by atoms with E-state index in [1.807, 2.05) is 35.3 Å². The lowest BCUT2D eigenvalue weighted by Crippen LogP contribution is -2.33. The standard InChI is InChI=1S/C17H21N7/c1-2-4-14(5-3-1)12-24-17(20-21-22-24)13-23-8-6-15(7-9-23)16-10-18-19-11-16/h1-5,10-11,15H,6-9,12-13H2,(H,18,19). The van der Waals surface area contributed by atoms with E-state index in [4.69, 9.17) is 0 Å². The summed E-state index contributed by atoms with van der Waals surface area (Å²) in [6.07, 6.45) is 6.26. The van der Waals surface area contributed by atoms with Crippen molar-refractivity contribution in [2.45, 2.75) is 31.8 Å². The summed E-state index contributed by atoms with van der Waals surface area (Å²) in [7, 11) is 0. The monoisotopic (exact) mass is 323 g/mol. The molecule has 3 aromatic rings. The van der Waals surface area contributed by atoms with Crippen LogP contribution in [0.25, 0.3) is 0 Å². The van der Waals surface area contributed by atoms with Gasteiger partial charge in [0.25, 0.3) is 0 Å². The summed E-state index contributed by atoms with van der Waals surface area (Å²) in [4.78, 5) is 2.43. The fourth-order valence-corrected chi connectivity index (χ4v) is 3.32. The average molecular weight is 323 g/mol. The number of likely N-dealkylation sites (tertiary alicyclic amines) is 1. The first kappa shape index (κ1) is 15.0. The Balaban J connectivity index is 1.36. The van der Waals surface area contributed by atoms with E-state index in [9.17, 15) is 0 Å². The van der Waals surface area contributed by atoms with Gasteiger partial charge in [-0.25, -0.2) is 4.68 Å². The fourth-order valence-electron chi connectivity index (χ4n) is 3.32. The van der Waals surface area contributed by atoms with Crippen LogP contribution in [-0.2, 0) is 13.1 Å². The third-order valence-electron chi connectivity index (χ3n) is 4.72. The van der Waals surface area contributed by atoms with Gasteiger partial charge in [0.15, 0.2) is 5.82 Å². The second-order valence-corrected chi connectivity index (χ2v) is 6.32. The highest BCUT2D eigenvalue weighted by molar-refractivity contribution is 5.15. The van der Waals surface area contributed by atoms with Gasteiger partial charge in [-0.05, 0) is 53.4 Å². The predicted molar refractivity (Wildman–Crippen MR) is 89.2 cm³/mol. The summed E-state index contributed by atoms with van der Waals surface area (Å²) < 4.78 is 1.90. The van der Waals surface area contributed by atoms with Crippen molar-refractivity contribution in [1.29, 1.82) is 0 Å². The minimum absolute atomic E-state index is 0.611. The smallest absolute Gasteiger partial charge is 0.165 e. The van der Waals surface area contributed by atoms with Gasteiger partial charge in [0.2, 0.25) is 0 Å². The van der Waals surface area contributed by atoms with Crippen molar-refractivity contribution in [3.05, 3.63) is 59.7 Å². The van der Waals surface area contributed by atoms with E-state index in [0.717, 1.165) is 38.3 Å². The second-order valence-electron chi connectivity index (χ2n) is 6.32. The fraction of sp³-hybridized carbons (Fsp3) is 0.412. The summed E-state index contributed by atoms with van der Waals surface area (Å²) in [6, 6.07) is 10.3. The highest BCUT2D eigenvalue weighted by Gasteiger charge is 2.22. The molecular weight excluding hydrogens is 302 g/mol. The lowest BCUT2D eigenvalue weighted by atomic mass is 9.91. The molecule has 0 saturated carbocycles. The first-order valence-electron chi connectivity index (χ1n) is 8.38. The molecule has 2 aromatic heterocycles. The molecular formula is C17H21N7. The quantitative estimate of drug-likeness (QED) is 0.775. The lowest BCUT2D eigenvalue weighted by molar-refractivity contribution is 0.197. The van der Waals surface area contributed by atoms with Crippen molar-refractivity contribution in [1.82, 2.24) is 35.3 Å². The highest BCUT2D eigenvalue weighted by Crippen LogP contribution is 2.27. The first-order valence-corrected chi connectivity index (χ1v) is 8.38. The van der Waals surface area contributed by atoms with E-state index >= 15 is 0 Å². The molecule has 0 radical (unpaired) electrons. The van der Waals surface area contributed by atoms with Crippen molar-refractivity contribution in [2.75, 3.05) is 13.1 Å². The van der Waals surface area contributed by atoms with Crippen LogP contribution < -0.4 is 0 Å². The number of piperidine rings is 1. The van der Waals surface area contributed by atoms with E-state index in [0.29, 0.717) is 12.5 Å². The molecule has 1 saturated heterocycles. The van der Waals surface area contributed by atoms with Crippen molar-refractivity contribution in [2.24, 2.45) is 0 Å². The van der Waals surface area contributed by atoms with Crippen LogP contribution in [0.1, 0.15) is 35.7 Å². The van der Waals surface area contributed by atoms with E-state index < -0.39 is 0 Å². The van der Waals surface area contributed by atoms with Gasteiger partial charge in [-0.2, -0.15) is 5.10 Å². The normalized spacial score (nSPS) is 16.5. The molecule has 1 fully saturated rings. The Morgan fingerprint density at radius 3 is 2.67 bits per heavy atom. The van der Waals surface area contributed by atoms with Crippen LogP contribution in [0, 0.1) is 0 Å². The number of H-pyrrole nitrogens is 1. The van der Waals surface area contributed by atoms with E-state index in [1.54, 1.807) is 0 Å². The summed E-state index contributed by atoms with van der Waals surface area (Å²) in [6.45, 7) is 3.65. The van der Waals surface area contributed by atoms with Gasteiger partial charge in [-0.3, -0.25) is 10.00 Å². The largest absolute Gasteiger partial charge is 0.296 e. The number of aromatic amines is 1. The van der Waals surface area contributed by atoms with Crippen molar-refractivity contribution >= 4 is 0 Å². The molecule has 0 spiro atoms. The summed E-state index contributed by atoms with van der Waals surface area (Å²) in [5.74, 6) is 1.54. The number of aromatic nitrogens is 6. The van der Waals surface area contributed by atoms with Crippen molar-refractivity contribution in [3.8, 4) is 0 Å². The molecule has 3 heterocycles. The molecule has 1 aromatic carbocycles. The summed E-state index contributed by atoms with van der Waals surface area (Å²) >= 11 is 0. The zero-order chi connectivity index (χ0) is 16.2. The Bertz CT molecular complexity index is 742. The van der Waals surface area contributed by atoms with E-state index in [2.05, 4.69) is 42.8 Å². The topological polar surface area (TPSA) is 75.5 Å². The Morgan fingerprint density at radius 2 is 1.92 bits per heavy atom. The van der Waals surface area contributed by atoms with Gasteiger partial charge < -0.3 is 0 Å². The third-order valence-corrected chi connectivity index (χ3v) is 4.72. The molecule has 1 N–H and O–H groups in total. The van der Waals surface area contributed by atoms with Gasteiger partial charge >= 0.3 is 0 Å². The van der Waals surface area contributed by atoms with E-state index in [1.165, 1.54) is 11.1 Å². The molecule has 7 nitrogen and oxygen atoms in total. The minimum Gasteiger partial charge on any atom is -0.296 e. The Morgan fingerprint density at radius 1 is 1.08 bits per heavy atom. The average Bonchev–Trinajstić information content (AvgIpc) is 3.29. The number of tetrazole rings is 1. The van der Waals surface area contributed by atoms with Gasteiger partial charge in [0.05, 0.1) is 19.3 Å². The summed E-state index contributed by atoms with van der Waals surface area (Å²) in [5.41, 5.74) is 2.54. The van der Waals surface area contributed by atoms with Crippen LogP contribution in [0.15, 0.2) is 42.7 Å². The Hall–Kier alpha value is -2.54. The minimum atomic E-state index is 0.611.